The van der Waals surface area contributed by atoms with Gasteiger partial charge in [0, 0.05) is 6.54 Å². The molecule has 0 unspecified atom stereocenters. The first-order chi connectivity index (χ1) is 5.24. The number of rotatable bonds is 1. The number of hydrogen-bond donors (Lipinski definition) is 2. The molecular formula is C6H10N4O. The van der Waals surface area contributed by atoms with Crippen LogP contribution in [-0.2, 0) is 0 Å². The maximum Gasteiger partial charge on any atom is 0.181 e. The molecule has 11 heavy (non-hydrogen) atoms. The monoisotopic (exact) mass is 154 g/mol. The van der Waals surface area contributed by atoms with Crippen molar-refractivity contribution in [2.24, 2.45) is 4.99 Å². The fourth-order valence-electron chi connectivity index (χ4n) is 0.691. The maximum atomic E-state index is 9.13. The van der Waals surface area contributed by atoms with Crippen LogP contribution in [0.1, 0.15) is 6.92 Å². The molecule has 0 atom stereocenters. The molecule has 0 aliphatic rings. The molecular weight excluding hydrogens is 144 g/mol. The van der Waals surface area contributed by atoms with Crippen molar-refractivity contribution in [1.29, 1.82) is 0 Å². The zero-order valence-corrected chi connectivity index (χ0v) is 6.23. The zero-order chi connectivity index (χ0) is 8.27. The molecule has 60 valence electrons. The van der Waals surface area contributed by atoms with Gasteiger partial charge in [-0.25, -0.2) is 4.98 Å². The summed E-state index contributed by atoms with van der Waals surface area (Å²) in [6.07, 6.45) is 2.72. The first-order valence-electron chi connectivity index (χ1n) is 3.28. The van der Waals surface area contributed by atoms with E-state index in [1.807, 2.05) is 6.92 Å². The second-order valence-corrected chi connectivity index (χ2v) is 1.99. The summed E-state index contributed by atoms with van der Waals surface area (Å²) in [7, 11) is 0. The van der Waals surface area contributed by atoms with Gasteiger partial charge in [0.25, 0.3) is 0 Å². The third-order valence-corrected chi connectivity index (χ3v) is 1.14. The quantitative estimate of drug-likeness (QED) is 0.541. The van der Waals surface area contributed by atoms with E-state index < -0.39 is 0 Å². The summed E-state index contributed by atoms with van der Waals surface area (Å²) in [5.41, 5.74) is 5.69. The number of nitrogens with two attached hydrogens (primary N) is 1. The Bertz CT molecular complexity index is 304. The van der Waals surface area contributed by atoms with Crippen molar-refractivity contribution in [2.75, 3.05) is 12.3 Å². The molecule has 5 nitrogen and oxygen atoms in total. The second-order valence-electron chi connectivity index (χ2n) is 1.99. The van der Waals surface area contributed by atoms with Crippen LogP contribution in [0, 0.1) is 0 Å². The summed E-state index contributed by atoms with van der Waals surface area (Å²) in [5, 5.41) is 9.13. The third kappa shape index (κ3) is 1.70. The molecule has 0 aliphatic heterocycles. The minimum Gasteiger partial charge on any atom is -0.427 e. The molecule has 1 rings (SSSR count). The summed E-state index contributed by atoms with van der Waals surface area (Å²) >= 11 is 0. The molecule has 0 saturated carbocycles. The molecule has 0 radical (unpaired) electrons. The summed E-state index contributed by atoms with van der Waals surface area (Å²) in [5.74, 6) is 0.266. The predicted octanol–water partition coefficient (Wildman–Crippen LogP) is -0.377. The summed E-state index contributed by atoms with van der Waals surface area (Å²) in [6.45, 7) is 2.47. The van der Waals surface area contributed by atoms with E-state index in [0.29, 0.717) is 12.0 Å². The number of nitrogens with zero attached hydrogens (tertiary/aromatic N) is 3. The van der Waals surface area contributed by atoms with Crippen molar-refractivity contribution in [3.05, 3.63) is 17.9 Å². The van der Waals surface area contributed by atoms with E-state index in [1.165, 1.54) is 12.4 Å². The van der Waals surface area contributed by atoms with Gasteiger partial charge in [-0.15, -0.1) is 0 Å². The van der Waals surface area contributed by atoms with Gasteiger partial charge in [-0.3, -0.25) is 4.99 Å². The molecule has 1 aromatic rings. The van der Waals surface area contributed by atoms with Crippen LogP contribution in [0.5, 0.6) is 0 Å². The Kier molecular flexibility index (Phi) is 2.10. The lowest BCUT2D eigenvalue weighted by Crippen LogP contribution is -2.19. The van der Waals surface area contributed by atoms with Crippen molar-refractivity contribution in [1.82, 2.24) is 9.71 Å². The molecule has 0 aliphatic carbocycles. The van der Waals surface area contributed by atoms with Crippen molar-refractivity contribution >= 4 is 5.82 Å². The fraction of sp³-hybridized carbons (Fsp3) is 0.333. The number of anilines is 1. The van der Waals surface area contributed by atoms with E-state index in [9.17, 15) is 0 Å². The number of nitrogen functional groups attached to an aromatic ring is 1. The van der Waals surface area contributed by atoms with Crippen LogP contribution < -0.4 is 11.2 Å². The van der Waals surface area contributed by atoms with E-state index in [4.69, 9.17) is 10.9 Å². The Morgan fingerprint density at radius 1 is 1.82 bits per heavy atom. The smallest absolute Gasteiger partial charge is 0.181 e. The lowest BCUT2D eigenvalue weighted by atomic mass is 10.6. The van der Waals surface area contributed by atoms with Gasteiger partial charge >= 0.3 is 0 Å². The molecule has 0 aromatic carbocycles. The highest BCUT2D eigenvalue weighted by Crippen LogP contribution is 1.86. The molecule has 0 spiro atoms. The first-order valence-corrected chi connectivity index (χ1v) is 3.28. The average molecular weight is 154 g/mol. The van der Waals surface area contributed by atoms with E-state index >= 15 is 0 Å². The van der Waals surface area contributed by atoms with Crippen molar-refractivity contribution in [3.8, 4) is 0 Å². The van der Waals surface area contributed by atoms with Crippen LogP contribution in [0.2, 0.25) is 0 Å². The zero-order valence-electron chi connectivity index (χ0n) is 6.23. The SMILES string of the molecule is CCN=c1cnc(N)cn1O. The van der Waals surface area contributed by atoms with Gasteiger partial charge in [0.05, 0.1) is 12.4 Å². The molecule has 0 amide bonds. The molecule has 0 saturated heterocycles. The Balaban J connectivity index is 3.20. The normalized spacial score (nSPS) is 11.9. The maximum absolute atomic E-state index is 9.13. The van der Waals surface area contributed by atoms with Crippen LogP contribution in [0.15, 0.2) is 17.4 Å². The standard InChI is InChI=1S/C6H10N4O/c1-2-8-6-3-9-5(7)4-10(6)11/h3-4,11H,2,7H2,1H3. The molecule has 0 fully saturated rings. The first kappa shape index (κ1) is 7.59. The van der Waals surface area contributed by atoms with E-state index in [1.54, 1.807) is 0 Å². The van der Waals surface area contributed by atoms with Crippen molar-refractivity contribution in [3.63, 3.8) is 0 Å². The van der Waals surface area contributed by atoms with Gasteiger partial charge < -0.3 is 10.9 Å². The van der Waals surface area contributed by atoms with Crippen molar-refractivity contribution in [2.45, 2.75) is 6.92 Å². The predicted molar refractivity (Wildman–Crippen MR) is 39.9 cm³/mol. The average Bonchev–Trinajstić information content (AvgIpc) is 1.95. The summed E-state index contributed by atoms with van der Waals surface area (Å²) in [4.78, 5) is 7.70. The molecule has 0 bridgehead atoms. The minimum absolute atomic E-state index is 0.266. The second kappa shape index (κ2) is 3.05. The lowest BCUT2D eigenvalue weighted by Gasteiger charge is -1.97. The highest BCUT2D eigenvalue weighted by Gasteiger charge is 1.90. The molecule has 3 N–H and O–H groups in total. The van der Waals surface area contributed by atoms with Gasteiger partial charge in [-0.1, -0.05) is 0 Å². The topological polar surface area (TPSA) is 76.4 Å². The summed E-state index contributed by atoms with van der Waals surface area (Å²) < 4.78 is 0.853. The van der Waals surface area contributed by atoms with E-state index in [-0.39, 0.29) is 5.82 Å². The van der Waals surface area contributed by atoms with Gasteiger partial charge in [-0.05, 0) is 6.92 Å². The highest BCUT2D eigenvalue weighted by molar-refractivity contribution is 5.20. The van der Waals surface area contributed by atoms with Gasteiger partial charge in [0.2, 0.25) is 0 Å². The molecule has 1 heterocycles. The molecule has 5 heteroatoms. The Morgan fingerprint density at radius 3 is 3.09 bits per heavy atom. The van der Waals surface area contributed by atoms with Gasteiger partial charge in [-0.2, -0.15) is 4.73 Å². The minimum atomic E-state index is 0.266. The van der Waals surface area contributed by atoms with Crippen LogP contribution in [0.3, 0.4) is 0 Å². The number of hydrogen-bond acceptors (Lipinski definition) is 4. The Hall–Kier alpha value is -1.52. The van der Waals surface area contributed by atoms with Crippen molar-refractivity contribution < 1.29 is 5.21 Å². The fourth-order valence-corrected chi connectivity index (χ4v) is 0.691. The Morgan fingerprint density at radius 2 is 2.55 bits per heavy atom. The largest absolute Gasteiger partial charge is 0.427 e. The summed E-state index contributed by atoms with van der Waals surface area (Å²) in [6, 6.07) is 0. The van der Waals surface area contributed by atoms with Crippen LogP contribution >= 0.6 is 0 Å². The lowest BCUT2D eigenvalue weighted by molar-refractivity contribution is 0.171. The highest BCUT2D eigenvalue weighted by atomic mass is 16.5. The van der Waals surface area contributed by atoms with Crippen LogP contribution in [0.4, 0.5) is 5.82 Å². The number of aromatic nitrogens is 2. The van der Waals surface area contributed by atoms with E-state index in [2.05, 4.69) is 9.98 Å². The Labute approximate surface area is 63.8 Å². The molecule has 1 aromatic heterocycles. The van der Waals surface area contributed by atoms with Crippen LogP contribution in [-0.4, -0.2) is 21.5 Å². The van der Waals surface area contributed by atoms with Gasteiger partial charge in [0.1, 0.15) is 5.82 Å². The third-order valence-electron chi connectivity index (χ3n) is 1.14. The van der Waals surface area contributed by atoms with E-state index in [0.717, 1.165) is 4.73 Å². The van der Waals surface area contributed by atoms with Gasteiger partial charge in [0.15, 0.2) is 5.49 Å². The van der Waals surface area contributed by atoms with Crippen LogP contribution in [0.25, 0.3) is 0 Å².